The number of rotatable bonds is 1. The Morgan fingerprint density at radius 2 is 2.00 bits per heavy atom. The van der Waals surface area contributed by atoms with Gasteiger partial charge in [0.05, 0.1) is 0 Å². The lowest BCUT2D eigenvalue weighted by molar-refractivity contribution is 0.609. The average Bonchev–Trinajstić information content (AvgIpc) is 2.72. The van der Waals surface area contributed by atoms with E-state index in [0.29, 0.717) is 11.2 Å². The minimum Gasteiger partial charge on any atom is -0.305 e. The molecule has 6 heteroatoms. The van der Waals surface area contributed by atoms with E-state index in [-0.39, 0.29) is 11.2 Å². The van der Waals surface area contributed by atoms with Gasteiger partial charge in [-0.25, -0.2) is 4.39 Å². The minimum atomic E-state index is -0.427. The molecule has 0 radical (unpaired) electrons. The Morgan fingerprint density at radius 3 is 2.82 bits per heavy atom. The van der Waals surface area contributed by atoms with Crippen molar-refractivity contribution in [1.29, 1.82) is 0 Å². The summed E-state index contributed by atoms with van der Waals surface area (Å²) in [4.78, 5) is 13.8. The molecule has 3 aromatic rings. The van der Waals surface area contributed by atoms with Gasteiger partial charge in [-0.2, -0.15) is 4.68 Å². The lowest BCUT2D eigenvalue weighted by Gasteiger charge is -2.02. The predicted molar refractivity (Wildman–Crippen MR) is 59.4 cm³/mol. The Balaban J connectivity index is 2.35. The number of pyridine rings is 1. The molecule has 0 spiro atoms. The number of aromatic nitrogens is 4. The molecule has 0 atom stereocenters. The standard InChI is InChI=1S/C11H7FN4O/c12-7-3-1-2-4-9(7)16-11-8(14-15-16)5-6-10(17)13-11/h1-6H,(H,13,17). The first-order valence-electron chi connectivity index (χ1n) is 4.95. The average molecular weight is 230 g/mol. The van der Waals surface area contributed by atoms with Crippen molar-refractivity contribution < 1.29 is 4.39 Å². The Morgan fingerprint density at radius 1 is 1.18 bits per heavy atom. The molecule has 0 unspecified atom stereocenters. The summed E-state index contributed by atoms with van der Waals surface area (Å²) in [5.74, 6) is -0.427. The Kier molecular flexibility index (Phi) is 2.01. The fourth-order valence-electron chi connectivity index (χ4n) is 1.63. The molecule has 0 aliphatic carbocycles. The number of nitrogens with zero attached hydrogens (tertiary/aromatic N) is 3. The van der Waals surface area contributed by atoms with E-state index >= 15 is 0 Å². The lowest BCUT2D eigenvalue weighted by Crippen LogP contribution is -2.07. The zero-order chi connectivity index (χ0) is 11.8. The number of H-pyrrole nitrogens is 1. The summed E-state index contributed by atoms with van der Waals surface area (Å²) in [7, 11) is 0. The maximum absolute atomic E-state index is 13.6. The molecular weight excluding hydrogens is 223 g/mol. The van der Waals surface area contributed by atoms with Gasteiger partial charge in [-0.1, -0.05) is 17.3 Å². The number of benzene rings is 1. The summed E-state index contributed by atoms with van der Waals surface area (Å²) < 4.78 is 14.9. The van der Waals surface area contributed by atoms with E-state index in [2.05, 4.69) is 15.3 Å². The fourth-order valence-corrected chi connectivity index (χ4v) is 1.63. The third-order valence-electron chi connectivity index (χ3n) is 2.41. The van der Waals surface area contributed by atoms with E-state index < -0.39 is 5.82 Å². The number of hydrogen-bond donors (Lipinski definition) is 1. The van der Waals surface area contributed by atoms with Crippen molar-refractivity contribution in [3.8, 4) is 5.69 Å². The molecule has 0 amide bonds. The molecule has 2 heterocycles. The Hall–Kier alpha value is -2.50. The first kappa shape index (κ1) is 9.71. The fraction of sp³-hybridized carbons (Fsp3) is 0. The summed E-state index contributed by atoms with van der Waals surface area (Å²) in [6, 6.07) is 9.05. The Labute approximate surface area is 94.5 Å². The molecule has 17 heavy (non-hydrogen) atoms. The van der Waals surface area contributed by atoms with Crippen LogP contribution >= 0.6 is 0 Å². The van der Waals surface area contributed by atoms with Crippen LogP contribution in [0.5, 0.6) is 0 Å². The first-order chi connectivity index (χ1) is 8.25. The van der Waals surface area contributed by atoms with E-state index in [1.165, 1.54) is 16.8 Å². The van der Waals surface area contributed by atoms with Gasteiger partial charge in [-0.15, -0.1) is 5.10 Å². The van der Waals surface area contributed by atoms with Gasteiger partial charge in [0.25, 0.3) is 0 Å². The molecule has 0 aliphatic rings. The highest BCUT2D eigenvalue weighted by Crippen LogP contribution is 2.15. The number of fused-ring (bicyclic) bond motifs is 1. The van der Waals surface area contributed by atoms with E-state index in [9.17, 15) is 9.18 Å². The predicted octanol–water partition coefficient (Wildman–Crippen LogP) is 1.25. The zero-order valence-electron chi connectivity index (χ0n) is 8.59. The van der Waals surface area contributed by atoms with Crippen LogP contribution in [0.2, 0.25) is 0 Å². The van der Waals surface area contributed by atoms with Crippen molar-refractivity contribution in [2.24, 2.45) is 0 Å². The van der Waals surface area contributed by atoms with Crippen molar-refractivity contribution in [3.63, 3.8) is 0 Å². The van der Waals surface area contributed by atoms with Crippen molar-refractivity contribution >= 4 is 11.2 Å². The van der Waals surface area contributed by atoms with Gasteiger partial charge in [-0.3, -0.25) is 4.79 Å². The van der Waals surface area contributed by atoms with E-state index in [1.807, 2.05) is 0 Å². The first-order valence-corrected chi connectivity index (χ1v) is 4.95. The van der Waals surface area contributed by atoms with Gasteiger partial charge >= 0.3 is 0 Å². The van der Waals surface area contributed by atoms with Crippen molar-refractivity contribution in [2.45, 2.75) is 0 Å². The second kappa shape index (κ2) is 3.51. The van der Waals surface area contributed by atoms with Crippen LogP contribution < -0.4 is 5.56 Å². The maximum Gasteiger partial charge on any atom is 0.249 e. The maximum atomic E-state index is 13.6. The van der Waals surface area contributed by atoms with Crippen LogP contribution in [-0.2, 0) is 0 Å². The molecule has 0 saturated heterocycles. The number of hydrogen-bond acceptors (Lipinski definition) is 3. The number of para-hydroxylation sites is 1. The van der Waals surface area contributed by atoms with Crippen molar-refractivity contribution in [2.75, 3.05) is 0 Å². The molecular formula is C11H7FN4O. The largest absolute Gasteiger partial charge is 0.305 e. The smallest absolute Gasteiger partial charge is 0.249 e. The Bertz CT molecular complexity index is 746. The molecule has 0 aliphatic heterocycles. The quantitative estimate of drug-likeness (QED) is 0.684. The van der Waals surface area contributed by atoms with Crippen LogP contribution in [0.1, 0.15) is 0 Å². The van der Waals surface area contributed by atoms with Gasteiger partial charge < -0.3 is 4.98 Å². The van der Waals surface area contributed by atoms with E-state index in [1.54, 1.807) is 24.3 Å². The van der Waals surface area contributed by atoms with E-state index in [4.69, 9.17) is 0 Å². The summed E-state index contributed by atoms with van der Waals surface area (Å²) in [5, 5.41) is 7.68. The number of nitrogens with one attached hydrogen (secondary N) is 1. The van der Waals surface area contributed by atoms with Gasteiger partial charge in [0.1, 0.15) is 17.0 Å². The highest BCUT2D eigenvalue weighted by atomic mass is 19.1. The number of aromatic amines is 1. The second-order valence-electron chi connectivity index (χ2n) is 3.51. The third-order valence-corrected chi connectivity index (χ3v) is 2.41. The van der Waals surface area contributed by atoms with Crippen molar-refractivity contribution in [1.82, 2.24) is 20.0 Å². The highest BCUT2D eigenvalue weighted by Gasteiger charge is 2.10. The van der Waals surface area contributed by atoms with Crippen LogP contribution in [0.25, 0.3) is 16.9 Å². The monoisotopic (exact) mass is 230 g/mol. The highest BCUT2D eigenvalue weighted by molar-refractivity contribution is 5.71. The lowest BCUT2D eigenvalue weighted by atomic mass is 10.3. The molecule has 3 rings (SSSR count). The van der Waals surface area contributed by atoms with E-state index in [0.717, 1.165) is 0 Å². The van der Waals surface area contributed by atoms with Gasteiger partial charge in [0, 0.05) is 6.07 Å². The minimum absolute atomic E-state index is 0.247. The van der Waals surface area contributed by atoms with Crippen LogP contribution in [0.4, 0.5) is 4.39 Å². The van der Waals surface area contributed by atoms with Crippen molar-refractivity contribution in [3.05, 3.63) is 52.6 Å². The molecule has 2 aromatic heterocycles. The normalized spacial score (nSPS) is 10.9. The summed E-state index contributed by atoms with van der Waals surface area (Å²) >= 11 is 0. The molecule has 1 aromatic carbocycles. The summed E-state index contributed by atoms with van der Waals surface area (Å²) in [6.07, 6.45) is 0. The molecule has 1 N–H and O–H groups in total. The van der Waals surface area contributed by atoms with Gasteiger partial charge in [0.15, 0.2) is 5.65 Å². The van der Waals surface area contributed by atoms with Gasteiger partial charge in [0.2, 0.25) is 5.56 Å². The van der Waals surface area contributed by atoms with Crippen LogP contribution in [0, 0.1) is 5.82 Å². The zero-order valence-corrected chi connectivity index (χ0v) is 8.59. The van der Waals surface area contributed by atoms with Crippen LogP contribution in [-0.4, -0.2) is 20.0 Å². The summed E-state index contributed by atoms with van der Waals surface area (Å²) in [5.41, 5.74) is 0.852. The molecule has 84 valence electrons. The van der Waals surface area contributed by atoms with Crippen LogP contribution in [0.3, 0.4) is 0 Å². The molecule has 0 bridgehead atoms. The second-order valence-corrected chi connectivity index (χ2v) is 3.51. The molecule has 5 nitrogen and oxygen atoms in total. The third kappa shape index (κ3) is 1.50. The summed E-state index contributed by atoms with van der Waals surface area (Å²) in [6.45, 7) is 0. The number of halogens is 1. The van der Waals surface area contributed by atoms with Gasteiger partial charge in [-0.05, 0) is 18.2 Å². The van der Waals surface area contributed by atoms with Crippen LogP contribution in [0.15, 0.2) is 41.2 Å². The topological polar surface area (TPSA) is 63.6 Å². The SMILES string of the molecule is O=c1ccc2nnn(-c3ccccc3F)c2[nH]1. The molecule has 0 fully saturated rings. The molecule has 0 saturated carbocycles.